The molecular formula is C17H19NO2. The summed E-state index contributed by atoms with van der Waals surface area (Å²) in [4.78, 5) is 12.3. The van der Waals surface area contributed by atoms with Crippen LogP contribution in [0.25, 0.3) is 0 Å². The van der Waals surface area contributed by atoms with Crippen molar-refractivity contribution in [1.82, 2.24) is 0 Å². The van der Waals surface area contributed by atoms with Crippen molar-refractivity contribution in [1.29, 1.82) is 0 Å². The van der Waals surface area contributed by atoms with Crippen molar-refractivity contribution in [3.05, 3.63) is 58.1 Å². The van der Waals surface area contributed by atoms with Crippen molar-refractivity contribution in [2.75, 3.05) is 5.32 Å². The second-order valence-corrected chi connectivity index (χ2v) is 5.28. The van der Waals surface area contributed by atoms with E-state index < -0.39 is 0 Å². The van der Waals surface area contributed by atoms with E-state index in [4.69, 9.17) is 0 Å². The van der Waals surface area contributed by atoms with Crippen LogP contribution in [0.1, 0.15) is 32.6 Å². The lowest BCUT2D eigenvalue weighted by Gasteiger charge is -2.11. The molecule has 2 aromatic carbocycles. The number of aromatic hydroxyl groups is 1. The van der Waals surface area contributed by atoms with Gasteiger partial charge in [0.15, 0.2) is 0 Å². The number of amides is 1. The quantitative estimate of drug-likeness (QED) is 0.813. The summed E-state index contributed by atoms with van der Waals surface area (Å²) in [5.74, 6) is 0.108. The molecule has 0 radical (unpaired) electrons. The third-order valence-corrected chi connectivity index (χ3v) is 3.28. The van der Waals surface area contributed by atoms with Crippen LogP contribution < -0.4 is 5.32 Å². The maximum Gasteiger partial charge on any atom is 0.255 e. The first-order valence-corrected chi connectivity index (χ1v) is 6.56. The van der Waals surface area contributed by atoms with E-state index in [9.17, 15) is 9.90 Å². The van der Waals surface area contributed by atoms with Crippen LogP contribution in [0.2, 0.25) is 0 Å². The molecule has 2 rings (SSSR count). The standard InChI is InChI=1S/C17H19NO2/c1-10-5-11(2)7-14(6-10)17(20)18-15-8-13(4)16(19)9-12(15)3/h5-9,19H,1-4H3,(H,18,20). The maximum absolute atomic E-state index is 12.3. The first kappa shape index (κ1) is 14.1. The molecule has 0 aliphatic rings. The highest BCUT2D eigenvalue weighted by atomic mass is 16.3. The van der Waals surface area contributed by atoms with Gasteiger partial charge in [-0.1, -0.05) is 17.2 Å². The van der Waals surface area contributed by atoms with Crippen molar-refractivity contribution < 1.29 is 9.90 Å². The monoisotopic (exact) mass is 269 g/mol. The Hall–Kier alpha value is -2.29. The van der Waals surface area contributed by atoms with E-state index in [0.717, 1.165) is 27.9 Å². The van der Waals surface area contributed by atoms with Crippen LogP contribution >= 0.6 is 0 Å². The average Bonchev–Trinajstić information content (AvgIpc) is 2.34. The summed E-state index contributed by atoms with van der Waals surface area (Å²) in [6.07, 6.45) is 0. The molecule has 0 heterocycles. The van der Waals surface area contributed by atoms with Crippen LogP contribution in [0.5, 0.6) is 5.75 Å². The summed E-state index contributed by atoms with van der Waals surface area (Å²) in [5.41, 5.74) is 5.08. The van der Waals surface area contributed by atoms with Crippen molar-refractivity contribution >= 4 is 11.6 Å². The van der Waals surface area contributed by atoms with E-state index >= 15 is 0 Å². The molecular weight excluding hydrogens is 250 g/mol. The van der Waals surface area contributed by atoms with E-state index in [2.05, 4.69) is 5.32 Å². The first-order valence-electron chi connectivity index (χ1n) is 6.56. The fraction of sp³-hybridized carbons (Fsp3) is 0.235. The van der Waals surface area contributed by atoms with Gasteiger partial charge in [0.2, 0.25) is 0 Å². The number of aryl methyl sites for hydroxylation is 4. The third kappa shape index (κ3) is 2.99. The van der Waals surface area contributed by atoms with Gasteiger partial charge in [0.1, 0.15) is 5.75 Å². The topological polar surface area (TPSA) is 49.3 Å². The van der Waals surface area contributed by atoms with Crippen LogP contribution in [0.3, 0.4) is 0 Å². The van der Waals surface area contributed by atoms with Gasteiger partial charge in [0.25, 0.3) is 5.91 Å². The highest BCUT2D eigenvalue weighted by Gasteiger charge is 2.10. The van der Waals surface area contributed by atoms with Gasteiger partial charge in [-0.25, -0.2) is 0 Å². The van der Waals surface area contributed by atoms with E-state index in [0.29, 0.717) is 5.56 Å². The van der Waals surface area contributed by atoms with Gasteiger partial charge >= 0.3 is 0 Å². The molecule has 0 aliphatic heterocycles. The molecule has 0 aliphatic carbocycles. The zero-order chi connectivity index (χ0) is 14.9. The summed E-state index contributed by atoms with van der Waals surface area (Å²) in [5, 5.41) is 12.5. The van der Waals surface area contributed by atoms with Crippen molar-refractivity contribution in [2.45, 2.75) is 27.7 Å². The van der Waals surface area contributed by atoms with Crippen LogP contribution in [0, 0.1) is 27.7 Å². The Kier molecular flexibility index (Phi) is 3.79. The summed E-state index contributed by atoms with van der Waals surface area (Å²) >= 11 is 0. The second-order valence-electron chi connectivity index (χ2n) is 5.28. The third-order valence-electron chi connectivity index (χ3n) is 3.28. The lowest BCUT2D eigenvalue weighted by molar-refractivity contribution is 0.102. The normalized spacial score (nSPS) is 10.4. The molecule has 0 fully saturated rings. The highest BCUT2D eigenvalue weighted by molar-refractivity contribution is 6.05. The van der Waals surface area contributed by atoms with Crippen LogP contribution in [-0.2, 0) is 0 Å². The number of carbonyl (C=O) groups is 1. The minimum atomic E-state index is -0.134. The largest absolute Gasteiger partial charge is 0.508 e. The second kappa shape index (κ2) is 5.37. The molecule has 0 saturated carbocycles. The Morgan fingerprint density at radius 3 is 2.10 bits per heavy atom. The molecule has 0 bridgehead atoms. The van der Waals surface area contributed by atoms with E-state index in [1.165, 1.54) is 0 Å². The van der Waals surface area contributed by atoms with Gasteiger partial charge in [-0.2, -0.15) is 0 Å². The molecule has 0 spiro atoms. The number of anilines is 1. The number of carbonyl (C=O) groups excluding carboxylic acids is 1. The fourth-order valence-corrected chi connectivity index (χ4v) is 2.24. The van der Waals surface area contributed by atoms with E-state index in [1.54, 1.807) is 19.1 Å². The molecule has 3 nitrogen and oxygen atoms in total. The molecule has 0 atom stereocenters. The van der Waals surface area contributed by atoms with Gasteiger partial charge in [0.05, 0.1) is 0 Å². The lowest BCUT2D eigenvalue weighted by Crippen LogP contribution is -2.13. The van der Waals surface area contributed by atoms with E-state index in [-0.39, 0.29) is 11.7 Å². The number of nitrogens with one attached hydrogen (secondary N) is 1. The van der Waals surface area contributed by atoms with Crippen molar-refractivity contribution in [3.8, 4) is 5.75 Å². The Balaban J connectivity index is 2.30. The molecule has 104 valence electrons. The molecule has 2 aromatic rings. The van der Waals surface area contributed by atoms with Crippen LogP contribution in [0.15, 0.2) is 30.3 Å². The number of hydrogen-bond acceptors (Lipinski definition) is 2. The fourth-order valence-electron chi connectivity index (χ4n) is 2.24. The zero-order valence-electron chi connectivity index (χ0n) is 12.2. The number of rotatable bonds is 2. The maximum atomic E-state index is 12.3. The number of hydrogen-bond donors (Lipinski definition) is 2. The predicted octanol–water partition coefficient (Wildman–Crippen LogP) is 3.88. The molecule has 20 heavy (non-hydrogen) atoms. The smallest absolute Gasteiger partial charge is 0.255 e. The first-order chi connectivity index (χ1) is 9.36. The number of phenolic OH excluding ortho intramolecular Hbond substituents is 1. The molecule has 0 aromatic heterocycles. The highest BCUT2D eigenvalue weighted by Crippen LogP contribution is 2.25. The minimum absolute atomic E-state index is 0.134. The minimum Gasteiger partial charge on any atom is -0.508 e. The summed E-state index contributed by atoms with van der Waals surface area (Å²) < 4.78 is 0. The van der Waals surface area contributed by atoms with Gasteiger partial charge in [-0.15, -0.1) is 0 Å². The van der Waals surface area contributed by atoms with E-state index in [1.807, 2.05) is 39.0 Å². The zero-order valence-corrected chi connectivity index (χ0v) is 12.2. The molecule has 3 heteroatoms. The van der Waals surface area contributed by atoms with Crippen LogP contribution in [-0.4, -0.2) is 11.0 Å². The predicted molar refractivity (Wildman–Crippen MR) is 81.5 cm³/mol. The average molecular weight is 269 g/mol. The summed E-state index contributed by atoms with van der Waals surface area (Å²) in [6.45, 7) is 7.61. The van der Waals surface area contributed by atoms with Gasteiger partial charge in [-0.3, -0.25) is 4.79 Å². The Labute approximate surface area is 119 Å². The van der Waals surface area contributed by atoms with Gasteiger partial charge in [0, 0.05) is 11.3 Å². The van der Waals surface area contributed by atoms with Crippen LogP contribution in [0.4, 0.5) is 5.69 Å². The number of benzene rings is 2. The van der Waals surface area contributed by atoms with Gasteiger partial charge < -0.3 is 10.4 Å². The molecule has 1 amide bonds. The molecule has 0 saturated heterocycles. The van der Waals surface area contributed by atoms with Crippen molar-refractivity contribution in [3.63, 3.8) is 0 Å². The van der Waals surface area contributed by atoms with Crippen molar-refractivity contribution in [2.24, 2.45) is 0 Å². The Morgan fingerprint density at radius 2 is 1.50 bits per heavy atom. The molecule has 0 unspecified atom stereocenters. The summed E-state index contributed by atoms with van der Waals surface area (Å²) in [7, 11) is 0. The molecule has 2 N–H and O–H groups in total. The Bertz CT molecular complexity index is 655. The summed E-state index contributed by atoms with van der Waals surface area (Å²) in [6, 6.07) is 9.21. The lowest BCUT2D eigenvalue weighted by atomic mass is 10.1. The SMILES string of the molecule is Cc1cc(C)cc(C(=O)Nc2cc(C)c(O)cc2C)c1. The number of phenols is 1. The Morgan fingerprint density at radius 1 is 0.900 bits per heavy atom. The van der Waals surface area contributed by atoms with Gasteiger partial charge in [-0.05, 0) is 63.1 Å².